The average Bonchev–Trinajstić information content (AvgIpc) is 2.65. The van der Waals surface area contributed by atoms with Gasteiger partial charge in [0.15, 0.2) is 12.2 Å². The summed E-state index contributed by atoms with van der Waals surface area (Å²) < 4.78 is 10.5. The minimum absolute atomic E-state index is 0.570. The van der Waals surface area contributed by atoms with Crippen LogP contribution < -0.4 is 4.74 Å². The van der Waals surface area contributed by atoms with Crippen molar-refractivity contribution < 1.29 is 29.6 Å². The topological polar surface area (TPSA) is 96.2 Å². The van der Waals surface area contributed by atoms with Crippen molar-refractivity contribution in [1.29, 1.82) is 0 Å². The van der Waals surface area contributed by atoms with Crippen molar-refractivity contribution in [2.24, 2.45) is 0 Å². The molecule has 2 aromatic carbocycles. The molecule has 0 bridgehead atoms. The maximum absolute atomic E-state index is 11.6. The number of hydrogen-bond acceptors (Lipinski definition) is 6. The van der Waals surface area contributed by atoms with E-state index in [0.717, 1.165) is 16.9 Å². The monoisotopic (exact) mass is 358 g/mol. The number of aliphatic hydroxyl groups is 3. The Kier molecular flexibility index (Phi) is 5.56. The zero-order valence-electron chi connectivity index (χ0n) is 14.4. The zero-order valence-corrected chi connectivity index (χ0v) is 14.4. The second-order valence-corrected chi connectivity index (χ2v) is 6.28. The van der Waals surface area contributed by atoms with Crippen molar-refractivity contribution in [2.45, 2.75) is 37.8 Å². The lowest BCUT2D eigenvalue weighted by molar-refractivity contribution is -0.203. The Hall–Kier alpha value is -2.41. The van der Waals surface area contributed by atoms with Crippen molar-refractivity contribution in [3.8, 4) is 5.75 Å². The molecule has 3 N–H and O–H groups in total. The molecular weight excluding hydrogens is 336 g/mol. The zero-order chi connectivity index (χ0) is 18.7. The first-order valence-electron chi connectivity index (χ1n) is 8.55. The first kappa shape index (κ1) is 18.4. The summed E-state index contributed by atoms with van der Waals surface area (Å²) in [6, 6.07) is 15.1. The number of carbonyl (C=O) groups excluding carboxylic acids is 1. The number of carbonyl (C=O) groups is 1. The Morgan fingerprint density at radius 3 is 2.42 bits per heavy atom. The van der Waals surface area contributed by atoms with Crippen LogP contribution in [0.15, 0.2) is 48.5 Å². The van der Waals surface area contributed by atoms with E-state index in [-0.39, 0.29) is 0 Å². The van der Waals surface area contributed by atoms with Crippen LogP contribution in [-0.4, -0.2) is 46.2 Å². The maximum Gasteiger partial charge on any atom is 0.338 e. The maximum atomic E-state index is 11.6. The molecule has 1 saturated heterocycles. The molecule has 3 rings (SSSR count). The van der Waals surface area contributed by atoms with Gasteiger partial charge in [0.2, 0.25) is 0 Å². The summed E-state index contributed by atoms with van der Waals surface area (Å²) in [7, 11) is 0. The number of cyclic esters (lactones) is 1. The molecule has 0 aromatic heterocycles. The smallest absolute Gasteiger partial charge is 0.338 e. The highest BCUT2D eigenvalue weighted by molar-refractivity contribution is 5.76. The van der Waals surface area contributed by atoms with Crippen LogP contribution in [0.5, 0.6) is 5.75 Å². The summed E-state index contributed by atoms with van der Waals surface area (Å²) in [5.74, 6) is -0.125. The van der Waals surface area contributed by atoms with Crippen LogP contribution in [0.2, 0.25) is 0 Å². The van der Waals surface area contributed by atoms with Crippen molar-refractivity contribution in [3.63, 3.8) is 0 Å². The lowest BCUT2D eigenvalue weighted by Gasteiger charge is -2.34. The van der Waals surface area contributed by atoms with Crippen LogP contribution in [0.1, 0.15) is 29.7 Å². The Morgan fingerprint density at radius 1 is 1.00 bits per heavy atom. The minimum atomic E-state index is -1.73. The third-order valence-corrected chi connectivity index (χ3v) is 4.39. The van der Waals surface area contributed by atoms with E-state index in [1.807, 2.05) is 43.3 Å². The Morgan fingerprint density at radius 2 is 1.73 bits per heavy atom. The fourth-order valence-corrected chi connectivity index (χ4v) is 3.02. The van der Waals surface area contributed by atoms with Gasteiger partial charge in [-0.25, -0.2) is 4.79 Å². The predicted molar refractivity (Wildman–Crippen MR) is 93.7 cm³/mol. The van der Waals surface area contributed by atoms with E-state index in [0.29, 0.717) is 18.6 Å². The van der Waals surface area contributed by atoms with E-state index < -0.39 is 30.4 Å². The number of esters is 1. The summed E-state index contributed by atoms with van der Waals surface area (Å²) in [6.45, 7) is 2.55. The Labute approximate surface area is 151 Å². The van der Waals surface area contributed by atoms with E-state index in [1.165, 1.54) is 0 Å². The Bertz CT molecular complexity index is 757. The van der Waals surface area contributed by atoms with Gasteiger partial charge in [-0.15, -0.1) is 0 Å². The van der Waals surface area contributed by atoms with Gasteiger partial charge in [0.1, 0.15) is 18.0 Å². The van der Waals surface area contributed by atoms with Crippen LogP contribution in [0, 0.1) is 0 Å². The van der Waals surface area contributed by atoms with Gasteiger partial charge in [-0.05, 0) is 42.2 Å². The quantitative estimate of drug-likeness (QED) is 0.699. The number of rotatable bonds is 5. The number of benzene rings is 2. The summed E-state index contributed by atoms with van der Waals surface area (Å²) in [4.78, 5) is 11.6. The van der Waals surface area contributed by atoms with Crippen molar-refractivity contribution in [2.75, 3.05) is 6.61 Å². The Balaban J connectivity index is 1.76. The van der Waals surface area contributed by atoms with E-state index >= 15 is 0 Å². The third-order valence-electron chi connectivity index (χ3n) is 4.39. The van der Waals surface area contributed by atoms with Gasteiger partial charge in [0.05, 0.1) is 6.61 Å². The molecule has 1 aliphatic heterocycles. The number of hydrogen-bond donors (Lipinski definition) is 3. The van der Waals surface area contributed by atoms with E-state index in [2.05, 4.69) is 0 Å². The van der Waals surface area contributed by atoms with Gasteiger partial charge >= 0.3 is 5.97 Å². The molecule has 2 aromatic rings. The summed E-state index contributed by atoms with van der Waals surface area (Å²) in [6.07, 6.45) is -5.05. The first-order valence-corrected chi connectivity index (χ1v) is 8.55. The molecule has 26 heavy (non-hydrogen) atoms. The molecule has 0 amide bonds. The standard InChI is InChI=1S/C20H22O6/c1-2-25-15-8-6-12(7-9-15)10-13-4-3-5-14(11-13)19-17(22)16(21)18(23)20(24)26-19/h3-9,11,16-19,21-23H,2,10H2,1H3/t16-,17-,18+,19+/m1/s1. The van der Waals surface area contributed by atoms with Crippen LogP contribution in [-0.2, 0) is 16.0 Å². The van der Waals surface area contributed by atoms with Gasteiger partial charge < -0.3 is 24.8 Å². The fourth-order valence-electron chi connectivity index (χ4n) is 3.02. The molecule has 4 atom stereocenters. The molecule has 0 aliphatic carbocycles. The highest BCUT2D eigenvalue weighted by Gasteiger charge is 2.44. The molecule has 0 spiro atoms. The molecule has 138 valence electrons. The van der Waals surface area contributed by atoms with Crippen LogP contribution >= 0.6 is 0 Å². The van der Waals surface area contributed by atoms with E-state index in [9.17, 15) is 20.1 Å². The van der Waals surface area contributed by atoms with Gasteiger partial charge in [-0.2, -0.15) is 0 Å². The lowest BCUT2D eigenvalue weighted by atomic mass is 9.92. The van der Waals surface area contributed by atoms with Gasteiger partial charge in [0, 0.05) is 0 Å². The van der Waals surface area contributed by atoms with Crippen molar-refractivity contribution in [1.82, 2.24) is 0 Å². The van der Waals surface area contributed by atoms with Gasteiger partial charge in [0.25, 0.3) is 0 Å². The molecule has 6 nitrogen and oxygen atoms in total. The average molecular weight is 358 g/mol. The SMILES string of the molecule is CCOc1ccc(Cc2cccc([C@@H]3OC(=O)[C@@H](O)[C@H](O)[C@H]3O)c2)cc1. The van der Waals surface area contributed by atoms with Crippen LogP contribution in [0.25, 0.3) is 0 Å². The van der Waals surface area contributed by atoms with E-state index in [4.69, 9.17) is 9.47 Å². The summed E-state index contributed by atoms with van der Waals surface area (Å²) in [5.41, 5.74) is 2.62. The summed E-state index contributed by atoms with van der Waals surface area (Å²) in [5, 5.41) is 29.4. The van der Waals surface area contributed by atoms with Gasteiger partial charge in [-0.1, -0.05) is 36.4 Å². The number of aliphatic hydroxyl groups excluding tert-OH is 3. The van der Waals surface area contributed by atoms with Gasteiger partial charge in [-0.3, -0.25) is 0 Å². The molecular formula is C20H22O6. The van der Waals surface area contributed by atoms with Crippen LogP contribution in [0.4, 0.5) is 0 Å². The summed E-state index contributed by atoms with van der Waals surface area (Å²) >= 11 is 0. The molecule has 1 heterocycles. The molecule has 1 aliphatic rings. The van der Waals surface area contributed by atoms with E-state index in [1.54, 1.807) is 12.1 Å². The second kappa shape index (κ2) is 7.86. The molecule has 6 heteroatoms. The highest BCUT2D eigenvalue weighted by atomic mass is 16.6. The largest absolute Gasteiger partial charge is 0.494 e. The second-order valence-electron chi connectivity index (χ2n) is 6.28. The molecule has 0 unspecified atom stereocenters. The highest BCUT2D eigenvalue weighted by Crippen LogP contribution is 2.30. The molecule has 0 radical (unpaired) electrons. The lowest BCUT2D eigenvalue weighted by Crippen LogP contribution is -2.51. The molecule has 0 saturated carbocycles. The first-order chi connectivity index (χ1) is 12.5. The number of ether oxygens (including phenoxy) is 2. The predicted octanol–water partition coefficient (Wildman–Crippen LogP) is 1.36. The fraction of sp³-hybridized carbons (Fsp3) is 0.350. The van der Waals surface area contributed by atoms with Crippen molar-refractivity contribution in [3.05, 3.63) is 65.2 Å². The normalized spacial score (nSPS) is 25.6. The van der Waals surface area contributed by atoms with Crippen molar-refractivity contribution >= 4 is 5.97 Å². The van der Waals surface area contributed by atoms with Crippen LogP contribution in [0.3, 0.4) is 0 Å². The minimum Gasteiger partial charge on any atom is -0.494 e. The molecule has 1 fully saturated rings. The third kappa shape index (κ3) is 3.88.